The van der Waals surface area contributed by atoms with Crippen LogP contribution in [0.1, 0.15) is 26.9 Å². The monoisotopic (exact) mass is 307 g/mol. The van der Waals surface area contributed by atoms with Gasteiger partial charge >= 0.3 is 6.18 Å². The van der Waals surface area contributed by atoms with E-state index >= 15 is 0 Å². The van der Waals surface area contributed by atoms with Gasteiger partial charge < -0.3 is 10.1 Å². The van der Waals surface area contributed by atoms with Crippen LogP contribution in [0.4, 0.5) is 13.2 Å². The first kappa shape index (κ1) is 15.1. The summed E-state index contributed by atoms with van der Waals surface area (Å²) in [6.45, 7) is -1.01. The van der Waals surface area contributed by atoms with Crippen molar-refractivity contribution < 1.29 is 22.7 Å². The second kappa shape index (κ2) is 6.01. The molecule has 1 unspecified atom stereocenters. The highest BCUT2D eigenvalue weighted by atomic mass is 35.5. The molecular weight excluding hydrogens is 295 g/mol. The molecule has 3 nitrogen and oxygen atoms in total. The third-order valence-electron chi connectivity index (χ3n) is 2.95. The topological polar surface area (TPSA) is 38.3 Å². The van der Waals surface area contributed by atoms with Crippen LogP contribution in [-0.4, -0.2) is 31.8 Å². The van der Waals surface area contributed by atoms with Crippen LogP contribution >= 0.6 is 11.6 Å². The van der Waals surface area contributed by atoms with Crippen molar-refractivity contribution in [3.05, 3.63) is 34.9 Å². The lowest BCUT2D eigenvalue weighted by atomic mass is 9.97. The summed E-state index contributed by atoms with van der Waals surface area (Å²) in [5.41, 5.74) is 2.01. The van der Waals surface area contributed by atoms with Gasteiger partial charge in [-0.1, -0.05) is 12.1 Å². The minimum atomic E-state index is -4.37. The average molecular weight is 308 g/mol. The lowest BCUT2D eigenvalue weighted by Crippen LogP contribution is -2.31. The van der Waals surface area contributed by atoms with Crippen molar-refractivity contribution >= 4 is 17.5 Å². The van der Waals surface area contributed by atoms with E-state index in [9.17, 15) is 18.0 Å². The van der Waals surface area contributed by atoms with Crippen molar-refractivity contribution in [1.29, 1.82) is 0 Å². The minimum absolute atomic E-state index is 0.187. The smallest absolute Gasteiger partial charge is 0.370 e. The average Bonchev–Trinajstić information content (AvgIpc) is 2.37. The zero-order valence-corrected chi connectivity index (χ0v) is 11.2. The highest BCUT2D eigenvalue weighted by Gasteiger charge is 2.28. The lowest BCUT2D eigenvalue weighted by molar-refractivity contribution is -0.173. The van der Waals surface area contributed by atoms with Gasteiger partial charge in [-0.3, -0.25) is 4.79 Å². The summed E-state index contributed by atoms with van der Waals surface area (Å²) in [7, 11) is 0. The van der Waals surface area contributed by atoms with Gasteiger partial charge in [0.05, 0.1) is 12.0 Å². The van der Waals surface area contributed by atoms with Crippen LogP contribution in [0.3, 0.4) is 0 Å². The summed E-state index contributed by atoms with van der Waals surface area (Å²) >= 11 is 6.00. The first-order valence-corrected chi connectivity index (χ1v) is 6.50. The minimum Gasteiger partial charge on any atom is -0.370 e. The molecule has 0 saturated carbocycles. The first-order chi connectivity index (χ1) is 9.37. The maximum atomic E-state index is 12.0. The number of carbonyl (C=O) groups excluding carboxylic acids is 1. The molecule has 0 spiro atoms. The van der Waals surface area contributed by atoms with E-state index in [0.717, 1.165) is 12.0 Å². The molecule has 1 atom stereocenters. The Hall–Kier alpha value is -1.27. The molecule has 1 aliphatic rings. The maximum Gasteiger partial charge on any atom is 0.411 e. The third kappa shape index (κ3) is 3.86. The van der Waals surface area contributed by atoms with E-state index < -0.39 is 18.2 Å². The molecular formula is C13H13ClF3NO2. The van der Waals surface area contributed by atoms with Gasteiger partial charge in [0.25, 0.3) is 5.91 Å². The number of ether oxygens (including phenoxy) is 1. The van der Waals surface area contributed by atoms with Crippen LogP contribution in [0.2, 0.25) is 0 Å². The van der Waals surface area contributed by atoms with Crippen LogP contribution in [-0.2, 0) is 11.2 Å². The standard InChI is InChI=1S/C13H13ClF3NO2/c14-11(6-20-7-13(15,16)17)9-2-1-8-3-4-18-12(19)10(8)5-9/h1-2,5,11H,3-4,6-7H2,(H,18,19). The van der Waals surface area contributed by atoms with Crippen molar-refractivity contribution in [2.24, 2.45) is 0 Å². The molecule has 0 radical (unpaired) electrons. The maximum absolute atomic E-state index is 12.0. The number of hydrogen-bond acceptors (Lipinski definition) is 2. The predicted molar refractivity (Wildman–Crippen MR) is 67.9 cm³/mol. The van der Waals surface area contributed by atoms with Crippen molar-refractivity contribution in [1.82, 2.24) is 5.32 Å². The highest BCUT2D eigenvalue weighted by molar-refractivity contribution is 6.21. The van der Waals surface area contributed by atoms with Crippen LogP contribution < -0.4 is 5.32 Å². The van der Waals surface area contributed by atoms with E-state index in [1.165, 1.54) is 0 Å². The molecule has 1 aliphatic heterocycles. The van der Waals surface area contributed by atoms with E-state index in [4.69, 9.17) is 11.6 Å². The molecule has 20 heavy (non-hydrogen) atoms. The van der Waals surface area contributed by atoms with E-state index in [1.54, 1.807) is 18.2 Å². The Balaban J connectivity index is 2.02. The van der Waals surface area contributed by atoms with E-state index in [-0.39, 0.29) is 12.5 Å². The number of benzene rings is 1. The molecule has 0 bridgehead atoms. The number of hydrogen-bond donors (Lipinski definition) is 1. The van der Waals surface area contributed by atoms with Gasteiger partial charge in [-0.25, -0.2) is 0 Å². The molecule has 0 aromatic heterocycles. The van der Waals surface area contributed by atoms with Gasteiger partial charge in [-0.05, 0) is 23.6 Å². The van der Waals surface area contributed by atoms with E-state index in [1.807, 2.05) is 0 Å². The Morgan fingerprint density at radius 2 is 2.15 bits per heavy atom. The van der Waals surface area contributed by atoms with Crippen LogP contribution in [0.5, 0.6) is 0 Å². The number of nitrogens with one attached hydrogen (secondary N) is 1. The van der Waals surface area contributed by atoms with Crippen molar-refractivity contribution in [3.63, 3.8) is 0 Å². The summed E-state index contributed by atoms with van der Waals surface area (Å²) in [5.74, 6) is -0.187. The summed E-state index contributed by atoms with van der Waals surface area (Å²) in [6, 6.07) is 5.10. The fraction of sp³-hybridized carbons (Fsp3) is 0.462. The number of fused-ring (bicyclic) bond motifs is 1. The van der Waals surface area contributed by atoms with Crippen molar-refractivity contribution in [2.45, 2.75) is 18.0 Å². The number of rotatable bonds is 4. The molecule has 0 fully saturated rings. The molecule has 0 saturated heterocycles. The summed E-state index contributed by atoms with van der Waals surface area (Å²) in [4.78, 5) is 11.7. The predicted octanol–water partition coefficient (Wildman–Crippen LogP) is 2.83. The number of carbonyl (C=O) groups is 1. The molecule has 1 aromatic carbocycles. The Bertz CT molecular complexity index is 505. The lowest BCUT2D eigenvalue weighted by Gasteiger charge is -2.19. The van der Waals surface area contributed by atoms with Gasteiger partial charge in [0.1, 0.15) is 6.61 Å². The van der Waals surface area contributed by atoms with Crippen LogP contribution in [0.15, 0.2) is 18.2 Å². The Kier molecular flexibility index (Phi) is 4.55. The number of alkyl halides is 4. The van der Waals surface area contributed by atoms with E-state index in [0.29, 0.717) is 17.7 Å². The number of amides is 1. The fourth-order valence-corrected chi connectivity index (χ4v) is 2.22. The zero-order chi connectivity index (χ0) is 14.8. The van der Waals surface area contributed by atoms with Gasteiger partial charge in [-0.2, -0.15) is 13.2 Å². The molecule has 7 heteroatoms. The normalized spacial score (nSPS) is 16.5. The molecule has 1 aromatic rings. The largest absolute Gasteiger partial charge is 0.411 e. The highest BCUT2D eigenvalue weighted by Crippen LogP contribution is 2.26. The third-order valence-corrected chi connectivity index (χ3v) is 3.33. The van der Waals surface area contributed by atoms with Crippen molar-refractivity contribution in [3.8, 4) is 0 Å². The van der Waals surface area contributed by atoms with Gasteiger partial charge in [-0.15, -0.1) is 11.6 Å². The Labute approximate surface area is 119 Å². The summed E-state index contributed by atoms with van der Waals surface area (Å²) in [6.07, 6.45) is -3.63. The second-order valence-electron chi connectivity index (χ2n) is 4.52. The fourth-order valence-electron chi connectivity index (χ4n) is 2.00. The summed E-state index contributed by atoms with van der Waals surface area (Å²) < 4.78 is 40.4. The van der Waals surface area contributed by atoms with Crippen LogP contribution in [0.25, 0.3) is 0 Å². The molecule has 1 heterocycles. The Morgan fingerprint density at radius 3 is 2.85 bits per heavy atom. The summed E-state index contributed by atoms with van der Waals surface area (Å²) in [5, 5.41) is 1.98. The Morgan fingerprint density at radius 1 is 1.40 bits per heavy atom. The van der Waals surface area contributed by atoms with Gasteiger partial charge in [0.2, 0.25) is 0 Å². The van der Waals surface area contributed by atoms with Gasteiger partial charge in [0.15, 0.2) is 0 Å². The molecule has 110 valence electrons. The number of halogens is 4. The van der Waals surface area contributed by atoms with E-state index in [2.05, 4.69) is 10.1 Å². The van der Waals surface area contributed by atoms with Gasteiger partial charge in [0, 0.05) is 12.1 Å². The zero-order valence-electron chi connectivity index (χ0n) is 10.5. The second-order valence-corrected chi connectivity index (χ2v) is 5.05. The van der Waals surface area contributed by atoms with Crippen molar-refractivity contribution in [2.75, 3.05) is 19.8 Å². The quantitative estimate of drug-likeness (QED) is 0.869. The first-order valence-electron chi connectivity index (χ1n) is 6.06. The molecule has 1 amide bonds. The molecule has 0 aliphatic carbocycles. The molecule has 2 rings (SSSR count). The molecule has 1 N–H and O–H groups in total. The van der Waals surface area contributed by atoms with Crippen LogP contribution in [0, 0.1) is 0 Å². The SMILES string of the molecule is O=C1NCCc2ccc(C(Cl)COCC(F)(F)F)cc21.